The van der Waals surface area contributed by atoms with Gasteiger partial charge in [0, 0.05) is 17.9 Å². The van der Waals surface area contributed by atoms with Crippen LogP contribution in [-0.4, -0.2) is 11.0 Å². The van der Waals surface area contributed by atoms with Crippen LogP contribution in [0.5, 0.6) is 0 Å². The normalized spacial score (nSPS) is 24.2. The van der Waals surface area contributed by atoms with Crippen molar-refractivity contribution in [2.45, 2.75) is 44.6 Å². The number of aliphatic hydroxyl groups excluding tert-OH is 1. The first-order valence-electron chi connectivity index (χ1n) is 6.19. The highest BCUT2D eigenvalue weighted by Gasteiger charge is 2.39. The molecule has 0 spiro atoms. The van der Waals surface area contributed by atoms with Crippen LogP contribution >= 0.6 is 11.6 Å². The van der Waals surface area contributed by atoms with Crippen molar-refractivity contribution in [2.24, 2.45) is 5.92 Å². The van der Waals surface area contributed by atoms with Gasteiger partial charge in [-0.25, -0.2) is 8.78 Å². The molecule has 1 aromatic rings. The Kier molecular flexibility index (Phi) is 3.93. The highest BCUT2D eigenvalue weighted by atomic mass is 35.5. The summed E-state index contributed by atoms with van der Waals surface area (Å²) in [7, 11) is 0. The fraction of sp³-hybridized carbons (Fsp3) is 0.571. The van der Waals surface area contributed by atoms with Crippen molar-refractivity contribution in [3.8, 4) is 0 Å². The summed E-state index contributed by atoms with van der Waals surface area (Å²) in [6.45, 7) is 1.87. The lowest BCUT2D eigenvalue weighted by Crippen LogP contribution is -2.11. The van der Waals surface area contributed by atoms with Gasteiger partial charge in [0.25, 0.3) is 0 Å². The largest absolute Gasteiger partial charge is 0.388 e. The molecular weight excluding hydrogens is 258 g/mol. The van der Waals surface area contributed by atoms with Crippen molar-refractivity contribution in [2.75, 3.05) is 0 Å². The summed E-state index contributed by atoms with van der Waals surface area (Å²) in [5.41, 5.74) is 1.69. The SMILES string of the molecule is Cc1cc(Cl)ccc1C(O)CC1CCC(F)(F)C1. The molecule has 18 heavy (non-hydrogen) atoms. The van der Waals surface area contributed by atoms with Crippen LogP contribution in [0.2, 0.25) is 5.02 Å². The number of halogens is 3. The zero-order chi connectivity index (χ0) is 13.3. The molecule has 2 rings (SSSR count). The third-order valence-electron chi connectivity index (χ3n) is 3.65. The van der Waals surface area contributed by atoms with Crippen molar-refractivity contribution in [3.05, 3.63) is 34.3 Å². The van der Waals surface area contributed by atoms with E-state index < -0.39 is 12.0 Å². The number of benzene rings is 1. The number of rotatable bonds is 3. The third-order valence-corrected chi connectivity index (χ3v) is 3.89. The first-order valence-corrected chi connectivity index (χ1v) is 6.57. The second kappa shape index (κ2) is 5.14. The quantitative estimate of drug-likeness (QED) is 0.860. The topological polar surface area (TPSA) is 20.2 Å². The summed E-state index contributed by atoms with van der Waals surface area (Å²) in [4.78, 5) is 0. The Morgan fingerprint density at radius 1 is 1.50 bits per heavy atom. The van der Waals surface area contributed by atoms with E-state index in [1.165, 1.54) is 0 Å². The Hall–Kier alpha value is -0.670. The molecule has 1 aromatic carbocycles. The summed E-state index contributed by atoms with van der Waals surface area (Å²) < 4.78 is 26.2. The van der Waals surface area contributed by atoms with Crippen LogP contribution in [0.1, 0.15) is 42.9 Å². The van der Waals surface area contributed by atoms with Crippen molar-refractivity contribution in [1.82, 2.24) is 0 Å². The molecule has 2 unspecified atom stereocenters. The summed E-state index contributed by atoms with van der Waals surface area (Å²) in [5.74, 6) is -2.63. The minimum Gasteiger partial charge on any atom is -0.388 e. The van der Waals surface area contributed by atoms with Gasteiger partial charge in [-0.15, -0.1) is 0 Å². The van der Waals surface area contributed by atoms with Crippen LogP contribution in [0, 0.1) is 12.8 Å². The standard InChI is InChI=1S/C14H17ClF2O/c1-9-6-11(15)2-3-12(9)13(18)7-10-4-5-14(16,17)8-10/h2-3,6,10,13,18H,4-5,7-8H2,1H3. The number of aliphatic hydroxyl groups is 1. The highest BCUT2D eigenvalue weighted by Crippen LogP contribution is 2.42. The van der Waals surface area contributed by atoms with E-state index in [4.69, 9.17) is 11.6 Å². The van der Waals surface area contributed by atoms with Crippen LogP contribution in [-0.2, 0) is 0 Å². The molecule has 100 valence electrons. The molecule has 1 aliphatic carbocycles. The molecule has 0 bridgehead atoms. The lowest BCUT2D eigenvalue weighted by Gasteiger charge is -2.18. The van der Waals surface area contributed by atoms with Gasteiger partial charge in [-0.1, -0.05) is 17.7 Å². The van der Waals surface area contributed by atoms with Gasteiger partial charge in [-0.05, 0) is 48.9 Å². The van der Waals surface area contributed by atoms with E-state index in [1.54, 1.807) is 18.2 Å². The smallest absolute Gasteiger partial charge is 0.248 e. The van der Waals surface area contributed by atoms with E-state index in [2.05, 4.69) is 0 Å². The second-order valence-electron chi connectivity index (χ2n) is 5.22. The minimum atomic E-state index is -2.54. The average molecular weight is 275 g/mol. The monoisotopic (exact) mass is 274 g/mol. The Balaban J connectivity index is 2.02. The molecule has 2 atom stereocenters. The molecule has 1 N–H and O–H groups in total. The number of hydrogen-bond acceptors (Lipinski definition) is 1. The lowest BCUT2D eigenvalue weighted by atomic mass is 9.93. The van der Waals surface area contributed by atoms with E-state index in [-0.39, 0.29) is 18.8 Å². The predicted molar refractivity (Wildman–Crippen MR) is 68.1 cm³/mol. The molecule has 0 heterocycles. The zero-order valence-corrected chi connectivity index (χ0v) is 11.1. The first kappa shape index (κ1) is 13.8. The zero-order valence-electron chi connectivity index (χ0n) is 10.3. The Morgan fingerprint density at radius 2 is 2.22 bits per heavy atom. The van der Waals surface area contributed by atoms with Crippen LogP contribution in [0.3, 0.4) is 0 Å². The van der Waals surface area contributed by atoms with Gasteiger partial charge in [0.05, 0.1) is 6.10 Å². The van der Waals surface area contributed by atoms with Crippen molar-refractivity contribution in [1.29, 1.82) is 0 Å². The highest BCUT2D eigenvalue weighted by molar-refractivity contribution is 6.30. The fourth-order valence-corrected chi connectivity index (χ4v) is 2.93. The van der Waals surface area contributed by atoms with Crippen molar-refractivity contribution < 1.29 is 13.9 Å². The summed E-state index contributed by atoms with van der Waals surface area (Å²) in [6.07, 6.45) is 0.0660. The molecule has 1 fully saturated rings. The van der Waals surface area contributed by atoms with Gasteiger partial charge in [0.2, 0.25) is 5.92 Å². The maximum absolute atomic E-state index is 13.1. The van der Waals surface area contributed by atoms with Crippen LogP contribution < -0.4 is 0 Å². The maximum Gasteiger partial charge on any atom is 0.248 e. The predicted octanol–water partition coefficient (Wildman–Crippen LogP) is 4.51. The maximum atomic E-state index is 13.1. The molecule has 4 heteroatoms. The van der Waals surface area contributed by atoms with Gasteiger partial charge in [0.1, 0.15) is 0 Å². The van der Waals surface area contributed by atoms with Gasteiger partial charge in [-0.2, -0.15) is 0 Å². The molecule has 1 nitrogen and oxygen atoms in total. The second-order valence-corrected chi connectivity index (χ2v) is 5.65. The first-order chi connectivity index (χ1) is 8.37. The Labute approximate surface area is 111 Å². The minimum absolute atomic E-state index is 0.0516. The van der Waals surface area contributed by atoms with E-state index >= 15 is 0 Å². The van der Waals surface area contributed by atoms with E-state index in [0.29, 0.717) is 17.9 Å². The van der Waals surface area contributed by atoms with E-state index in [0.717, 1.165) is 11.1 Å². The van der Waals surface area contributed by atoms with E-state index in [1.807, 2.05) is 6.92 Å². The van der Waals surface area contributed by atoms with Gasteiger partial charge in [0.15, 0.2) is 0 Å². The van der Waals surface area contributed by atoms with E-state index in [9.17, 15) is 13.9 Å². The Bertz CT molecular complexity index is 434. The van der Waals surface area contributed by atoms with Gasteiger partial charge >= 0.3 is 0 Å². The molecule has 0 aliphatic heterocycles. The lowest BCUT2D eigenvalue weighted by molar-refractivity contribution is 0.00254. The summed E-state index contributed by atoms with van der Waals surface area (Å²) >= 11 is 5.85. The van der Waals surface area contributed by atoms with Crippen molar-refractivity contribution >= 4 is 11.6 Å². The van der Waals surface area contributed by atoms with Crippen LogP contribution in [0.15, 0.2) is 18.2 Å². The van der Waals surface area contributed by atoms with Gasteiger partial charge < -0.3 is 5.11 Å². The summed E-state index contributed by atoms with van der Waals surface area (Å²) in [6, 6.07) is 5.27. The van der Waals surface area contributed by atoms with Gasteiger partial charge in [-0.3, -0.25) is 0 Å². The molecule has 0 amide bonds. The number of alkyl halides is 2. The fourth-order valence-electron chi connectivity index (χ4n) is 2.70. The third kappa shape index (κ3) is 3.21. The molecule has 1 aliphatic rings. The Morgan fingerprint density at radius 3 is 2.78 bits per heavy atom. The molecule has 0 aromatic heterocycles. The van der Waals surface area contributed by atoms with Crippen LogP contribution in [0.25, 0.3) is 0 Å². The van der Waals surface area contributed by atoms with Crippen LogP contribution in [0.4, 0.5) is 8.78 Å². The average Bonchev–Trinajstić information content (AvgIpc) is 2.57. The number of aryl methyl sites for hydroxylation is 1. The summed E-state index contributed by atoms with van der Waals surface area (Å²) in [5, 5.41) is 10.8. The molecule has 0 saturated heterocycles. The molecular formula is C14H17ClF2O. The van der Waals surface area contributed by atoms with Crippen molar-refractivity contribution in [3.63, 3.8) is 0 Å². The molecule has 1 saturated carbocycles. The number of hydrogen-bond donors (Lipinski definition) is 1. The molecule has 0 radical (unpaired) electrons.